The molecule has 2 aliphatic rings. The number of rotatable bonds is 0. The summed E-state index contributed by atoms with van der Waals surface area (Å²) in [6.45, 7) is 2.86. The average Bonchev–Trinajstić information content (AvgIpc) is 2.35. The second-order valence-corrected chi connectivity index (χ2v) is 2.31. The standard InChI is InChI=1S/C8H8O/c1-6-2-3-8-7(6)4-5-9-8/h2-4H,5H2,1H3. The van der Waals surface area contributed by atoms with Gasteiger partial charge in [0.15, 0.2) is 0 Å². The SMILES string of the molecule is CC1=CC=C2OCC=C12. The molecule has 46 valence electrons. The molecule has 0 aromatic carbocycles. The quantitative estimate of drug-likeness (QED) is 0.473. The minimum atomic E-state index is 0.756. The van der Waals surface area contributed by atoms with Crippen LogP contribution in [0.5, 0.6) is 0 Å². The Balaban J connectivity index is 2.46. The van der Waals surface area contributed by atoms with Crippen LogP contribution in [0.4, 0.5) is 0 Å². The van der Waals surface area contributed by atoms with Gasteiger partial charge in [-0.1, -0.05) is 6.08 Å². The third-order valence-corrected chi connectivity index (χ3v) is 1.70. The monoisotopic (exact) mass is 120 g/mol. The van der Waals surface area contributed by atoms with Gasteiger partial charge in [-0.3, -0.25) is 0 Å². The summed E-state index contributed by atoms with van der Waals surface area (Å²) in [5.41, 5.74) is 2.61. The molecule has 9 heavy (non-hydrogen) atoms. The summed E-state index contributed by atoms with van der Waals surface area (Å²) in [4.78, 5) is 0. The predicted octanol–water partition coefficient (Wildman–Crippen LogP) is 1.79. The summed E-state index contributed by atoms with van der Waals surface area (Å²) in [6.07, 6.45) is 6.22. The molecule has 0 radical (unpaired) electrons. The topological polar surface area (TPSA) is 9.23 Å². The van der Waals surface area contributed by atoms with Gasteiger partial charge in [0, 0.05) is 5.57 Å². The van der Waals surface area contributed by atoms with Crippen LogP contribution in [-0.4, -0.2) is 6.61 Å². The van der Waals surface area contributed by atoms with E-state index in [9.17, 15) is 0 Å². The van der Waals surface area contributed by atoms with Crippen molar-refractivity contribution in [2.45, 2.75) is 6.92 Å². The van der Waals surface area contributed by atoms with Crippen LogP contribution in [0.2, 0.25) is 0 Å². The highest BCUT2D eigenvalue weighted by molar-refractivity contribution is 5.53. The Hall–Kier alpha value is -0.980. The van der Waals surface area contributed by atoms with Crippen LogP contribution in [-0.2, 0) is 4.74 Å². The van der Waals surface area contributed by atoms with Crippen molar-refractivity contribution in [3.63, 3.8) is 0 Å². The fourth-order valence-corrected chi connectivity index (χ4v) is 1.18. The molecule has 1 aliphatic carbocycles. The highest BCUT2D eigenvalue weighted by Gasteiger charge is 2.16. The lowest BCUT2D eigenvalue weighted by atomic mass is 10.1. The van der Waals surface area contributed by atoms with Gasteiger partial charge in [-0.25, -0.2) is 0 Å². The molecule has 1 heteroatoms. The molecule has 0 atom stereocenters. The molecule has 0 aromatic rings. The molecule has 0 unspecified atom stereocenters. The van der Waals surface area contributed by atoms with Crippen molar-refractivity contribution >= 4 is 0 Å². The molecular formula is C8H8O. The smallest absolute Gasteiger partial charge is 0.127 e. The zero-order valence-electron chi connectivity index (χ0n) is 5.35. The summed E-state index contributed by atoms with van der Waals surface area (Å²) in [5, 5.41) is 0. The maximum Gasteiger partial charge on any atom is 0.127 e. The Morgan fingerprint density at radius 1 is 1.44 bits per heavy atom. The van der Waals surface area contributed by atoms with E-state index < -0.39 is 0 Å². The number of hydrogen-bond acceptors (Lipinski definition) is 1. The minimum Gasteiger partial charge on any atom is -0.489 e. The van der Waals surface area contributed by atoms with Crippen LogP contribution in [0, 0.1) is 0 Å². The number of fused-ring (bicyclic) bond motifs is 1. The maximum atomic E-state index is 5.26. The number of hydrogen-bond donors (Lipinski definition) is 0. The Bertz CT molecular complexity index is 231. The zero-order chi connectivity index (χ0) is 6.27. The fourth-order valence-electron chi connectivity index (χ4n) is 1.18. The molecule has 0 spiro atoms. The van der Waals surface area contributed by atoms with Gasteiger partial charge in [-0.05, 0) is 24.6 Å². The zero-order valence-corrected chi connectivity index (χ0v) is 5.35. The minimum absolute atomic E-state index is 0.756. The summed E-state index contributed by atoms with van der Waals surface area (Å²) in [5.74, 6) is 1.05. The molecule has 0 N–H and O–H groups in total. The molecule has 0 fully saturated rings. The van der Waals surface area contributed by atoms with Crippen LogP contribution in [0.15, 0.2) is 35.1 Å². The first-order valence-electron chi connectivity index (χ1n) is 3.10. The molecule has 0 aromatic heterocycles. The van der Waals surface area contributed by atoms with Crippen molar-refractivity contribution < 1.29 is 4.74 Å². The summed E-state index contributed by atoms with van der Waals surface area (Å²) in [6, 6.07) is 0. The van der Waals surface area contributed by atoms with Gasteiger partial charge in [0.05, 0.1) is 0 Å². The van der Waals surface area contributed by atoms with Gasteiger partial charge < -0.3 is 4.74 Å². The predicted molar refractivity (Wildman–Crippen MR) is 35.9 cm³/mol. The van der Waals surface area contributed by atoms with Gasteiger partial charge in [0.25, 0.3) is 0 Å². The van der Waals surface area contributed by atoms with Crippen LogP contribution in [0.3, 0.4) is 0 Å². The molecule has 0 saturated carbocycles. The molecule has 1 heterocycles. The lowest BCUT2D eigenvalue weighted by molar-refractivity contribution is 0.277. The summed E-state index contributed by atoms with van der Waals surface area (Å²) >= 11 is 0. The highest BCUT2D eigenvalue weighted by Crippen LogP contribution is 2.30. The van der Waals surface area contributed by atoms with E-state index >= 15 is 0 Å². The van der Waals surface area contributed by atoms with Crippen molar-refractivity contribution in [2.75, 3.05) is 6.61 Å². The van der Waals surface area contributed by atoms with E-state index in [1.807, 2.05) is 6.08 Å². The van der Waals surface area contributed by atoms with Gasteiger partial charge in [0.2, 0.25) is 0 Å². The third-order valence-electron chi connectivity index (χ3n) is 1.70. The van der Waals surface area contributed by atoms with Crippen molar-refractivity contribution in [2.24, 2.45) is 0 Å². The molecule has 0 bridgehead atoms. The van der Waals surface area contributed by atoms with Gasteiger partial charge in [-0.2, -0.15) is 0 Å². The highest BCUT2D eigenvalue weighted by atomic mass is 16.5. The lowest BCUT2D eigenvalue weighted by Gasteiger charge is -1.96. The van der Waals surface area contributed by atoms with E-state index in [4.69, 9.17) is 4.74 Å². The Morgan fingerprint density at radius 2 is 2.33 bits per heavy atom. The lowest BCUT2D eigenvalue weighted by Crippen LogP contribution is -1.80. The van der Waals surface area contributed by atoms with E-state index in [1.165, 1.54) is 11.1 Å². The van der Waals surface area contributed by atoms with Crippen LogP contribution >= 0.6 is 0 Å². The fraction of sp³-hybridized carbons (Fsp3) is 0.250. The van der Waals surface area contributed by atoms with E-state index in [2.05, 4.69) is 19.1 Å². The van der Waals surface area contributed by atoms with Crippen molar-refractivity contribution in [3.8, 4) is 0 Å². The van der Waals surface area contributed by atoms with E-state index in [-0.39, 0.29) is 0 Å². The number of ether oxygens (including phenoxy) is 1. The Morgan fingerprint density at radius 3 is 3.11 bits per heavy atom. The number of allylic oxidation sites excluding steroid dienone is 3. The third kappa shape index (κ3) is 0.545. The van der Waals surface area contributed by atoms with Crippen molar-refractivity contribution in [3.05, 3.63) is 35.1 Å². The maximum absolute atomic E-state index is 5.26. The normalized spacial score (nSPS) is 22.1. The molecule has 2 rings (SSSR count). The van der Waals surface area contributed by atoms with Gasteiger partial charge >= 0.3 is 0 Å². The average molecular weight is 120 g/mol. The van der Waals surface area contributed by atoms with Crippen LogP contribution in [0.25, 0.3) is 0 Å². The van der Waals surface area contributed by atoms with Gasteiger partial charge in [0.1, 0.15) is 12.4 Å². The van der Waals surface area contributed by atoms with E-state index in [1.54, 1.807) is 0 Å². The molecule has 0 saturated heterocycles. The first-order valence-corrected chi connectivity index (χ1v) is 3.10. The molecule has 0 amide bonds. The molecular weight excluding hydrogens is 112 g/mol. The van der Waals surface area contributed by atoms with Crippen molar-refractivity contribution in [1.29, 1.82) is 0 Å². The van der Waals surface area contributed by atoms with E-state index in [0.717, 1.165) is 12.4 Å². The van der Waals surface area contributed by atoms with Crippen molar-refractivity contribution in [1.82, 2.24) is 0 Å². The largest absolute Gasteiger partial charge is 0.489 e. The van der Waals surface area contributed by atoms with Gasteiger partial charge in [-0.15, -0.1) is 0 Å². The second kappa shape index (κ2) is 1.50. The molecule has 1 nitrogen and oxygen atoms in total. The Kier molecular flexibility index (Phi) is 0.810. The first kappa shape index (κ1) is 4.86. The Labute approximate surface area is 54.3 Å². The summed E-state index contributed by atoms with van der Waals surface area (Å²) < 4.78 is 5.26. The van der Waals surface area contributed by atoms with Crippen LogP contribution < -0.4 is 0 Å². The first-order chi connectivity index (χ1) is 4.38. The molecule has 1 aliphatic heterocycles. The van der Waals surface area contributed by atoms with Crippen LogP contribution in [0.1, 0.15) is 6.92 Å². The second-order valence-electron chi connectivity index (χ2n) is 2.31. The summed E-state index contributed by atoms with van der Waals surface area (Å²) in [7, 11) is 0. The van der Waals surface area contributed by atoms with E-state index in [0.29, 0.717) is 0 Å².